The number of rotatable bonds is 5. The van der Waals surface area contributed by atoms with Crippen molar-refractivity contribution in [2.24, 2.45) is 5.92 Å². The third kappa shape index (κ3) is 4.06. The second-order valence-electron chi connectivity index (χ2n) is 5.68. The fraction of sp³-hybridized carbons (Fsp3) is 0.625. The van der Waals surface area contributed by atoms with Gasteiger partial charge in [-0.15, -0.1) is 11.3 Å². The second kappa shape index (κ2) is 7.59. The Morgan fingerprint density at radius 2 is 2.29 bits per heavy atom. The van der Waals surface area contributed by atoms with Gasteiger partial charge in [-0.2, -0.15) is 0 Å². The number of piperidine rings is 1. The Kier molecular flexibility index (Phi) is 5.79. The van der Waals surface area contributed by atoms with Gasteiger partial charge in [-0.25, -0.2) is 0 Å². The lowest BCUT2D eigenvalue weighted by atomic mass is 9.96. The highest BCUT2D eigenvalue weighted by Gasteiger charge is 2.30. The van der Waals surface area contributed by atoms with Gasteiger partial charge >= 0.3 is 0 Å². The molecule has 0 radical (unpaired) electrons. The van der Waals surface area contributed by atoms with E-state index in [1.54, 1.807) is 0 Å². The molecular weight excluding hydrogens is 284 g/mol. The van der Waals surface area contributed by atoms with E-state index in [2.05, 4.69) is 6.92 Å². The summed E-state index contributed by atoms with van der Waals surface area (Å²) in [4.78, 5) is 29.3. The van der Waals surface area contributed by atoms with Crippen LogP contribution in [0.25, 0.3) is 0 Å². The molecule has 1 unspecified atom stereocenters. The fourth-order valence-electron chi connectivity index (χ4n) is 2.74. The number of likely N-dealkylation sites (tertiary alicyclic amines) is 1. The number of hydrogen-bond donors (Lipinski definition) is 0. The van der Waals surface area contributed by atoms with Crippen molar-refractivity contribution >= 4 is 23.2 Å². The summed E-state index contributed by atoms with van der Waals surface area (Å²) in [5, 5.41) is 1.92. The predicted octanol–water partition coefficient (Wildman–Crippen LogP) is 2.86. The maximum atomic E-state index is 12.4. The molecule has 0 aliphatic carbocycles. The number of thiophene rings is 1. The smallest absolute Gasteiger partial charge is 0.263 e. The number of amides is 2. The molecule has 1 aromatic rings. The molecular formula is C16H24N2O2S. The summed E-state index contributed by atoms with van der Waals surface area (Å²) < 4.78 is 0. The van der Waals surface area contributed by atoms with Crippen LogP contribution in [0.2, 0.25) is 0 Å². The van der Waals surface area contributed by atoms with Crippen LogP contribution >= 0.6 is 11.3 Å². The van der Waals surface area contributed by atoms with Crippen molar-refractivity contribution < 1.29 is 9.59 Å². The van der Waals surface area contributed by atoms with Gasteiger partial charge in [-0.1, -0.05) is 19.4 Å². The number of hydrogen-bond acceptors (Lipinski definition) is 3. The van der Waals surface area contributed by atoms with Crippen molar-refractivity contribution in [1.82, 2.24) is 9.80 Å². The zero-order chi connectivity index (χ0) is 15.2. The van der Waals surface area contributed by atoms with Gasteiger partial charge in [-0.3, -0.25) is 9.59 Å². The third-order valence-corrected chi connectivity index (χ3v) is 4.87. The maximum absolute atomic E-state index is 12.4. The van der Waals surface area contributed by atoms with Crippen LogP contribution in [0.15, 0.2) is 17.5 Å². The molecule has 0 saturated carbocycles. The quantitative estimate of drug-likeness (QED) is 0.839. The molecule has 5 heteroatoms. The van der Waals surface area contributed by atoms with Gasteiger partial charge in [-0.05, 0) is 30.7 Å². The van der Waals surface area contributed by atoms with Crippen LogP contribution in [0.1, 0.15) is 42.3 Å². The molecule has 2 amide bonds. The SMILES string of the molecule is CCCCN(C)C(=O)C1CCCN(C(=O)c2cccs2)C1. The van der Waals surface area contributed by atoms with E-state index < -0.39 is 0 Å². The number of carbonyl (C=O) groups is 2. The van der Waals surface area contributed by atoms with Gasteiger partial charge in [0, 0.05) is 26.7 Å². The maximum Gasteiger partial charge on any atom is 0.263 e. The Morgan fingerprint density at radius 3 is 2.95 bits per heavy atom. The van der Waals surface area contributed by atoms with Crippen LogP contribution in [0, 0.1) is 5.92 Å². The van der Waals surface area contributed by atoms with E-state index in [0.717, 1.165) is 43.6 Å². The molecule has 4 nitrogen and oxygen atoms in total. The van der Waals surface area contributed by atoms with Gasteiger partial charge in [0.05, 0.1) is 10.8 Å². The molecule has 2 heterocycles. The van der Waals surface area contributed by atoms with Gasteiger partial charge in [0.2, 0.25) is 5.91 Å². The van der Waals surface area contributed by atoms with Crippen LogP contribution in [0.5, 0.6) is 0 Å². The predicted molar refractivity (Wildman–Crippen MR) is 85.5 cm³/mol. The Morgan fingerprint density at radius 1 is 1.48 bits per heavy atom. The summed E-state index contributed by atoms with van der Waals surface area (Å²) in [7, 11) is 1.87. The van der Waals surface area contributed by atoms with Gasteiger partial charge in [0.1, 0.15) is 0 Å². The minimum absolute atomic E-state index is 0.0375. The standard InChI is InChI=1S/C16H24N2O2S/c1-3-4-9-17(2)15(19)13-7-5-10-18(12-13)16(20)14-8-6-11-21-14/h6,8,11,13H,3-5,7,9-10,12H2,1-2H3. The molecule has 1 aliphatic heterocycles. The van der Waals surface area contributed by atoms with Crippen molar-refractivity contribution in [2.45, 2.75) is 32.6 Å². The molecule has 0 spiro atoms. The first-order chi connectivity index (χ1) is 10.1. The van der Waals surface area contributed by atoms with E-state index in [4.69, 9.17) is 0 Å². The Hall–Kier alpha value is -1.36. The Balaban J connectivity index is 1.94. The average molecular weight is 308 g/mol. The Labute approximate surface area is 130 Å². The molecule has 1 fully saturated rings. The molecule has 0 bridgehead atoms. The zero-order valence-electron chi connectivity index (χ0n) is 12.9. The molecule has 116 valence electrons. The molecule has 1 aliphatic rings. The van der Waals surface area contributed by atoms with Crippen molar-refractivity contribution in [2.75, 3.05) is 26.7 Å². The second-order valence-corrected chi connectivity index (χ2v) is 6.63. The Bertz CT molecular complexity index is 473. The van der Waals surface area contributed by atoms with E-state index >= 15 is 0 Å². The van der Waals surface area contributed by atoms with Crippen LogP contribution in [-0.4, -0.2) is 48.3 Å². The van der Waals surface area contributed by atoms with Crippen LogP contribution in [0.4, 0.5) is 0 Å². The zero-order valence-corrected chi connectivity index (χ0v) is 13.7. The minimum Gasteiger partial charge on any atom is -0.345 e. The van der Waals surface area contributed by atoms with Crippen LogP contribution in [-0.2, 0) is 4.79 Å². The minimum atomic E-state index is -0.0375. The summed E-state index contributed by atoms with van der Waals surface area (Å²) in [6.07, 6.45) is 3.93. The normalized spacial score (nSPS) is 18.6. The van der Waals surface area contributed by atoms with Crippen molar-refractivity contribution in [3.05, 3.63) is 22.4 Å². The highest BCUT2D eigenvalue weighted by atomic mass is 32.1. The number of nitrogens with zero attached hydrogens (tertiary/aromatic N) is 2. The summed E-state index contributed by atoms with van der Waals surface area (Å²) in [6.45, 7) is 4.26. The lowest BCUT2D eigenvalue weighted by Gasteiger charge is -2.33. The lowest BCUT2D eigenvalue weighted by Crippen LogP contribution is -2.45. The lowest BCUT2D eigenvalue weighted by molar-refractivity contribution is -0.135. The molecule has 1 saturated heterocycles. The fourth-order valence-corrected chi connectivity index (χ4v) is 3.43. The topological polar surface area (TPSA) is 40.6 Å². The first kappa shape index (κ1) is 16.0. The van der Waals surface area contributed by atoms with E-state index in [0.29, 0.717) is 6.54 Å². The molecule has 0 aromatic carbocycles. The van der Waals surface area contributed by atoms with Crippen molar-refractivity contribution in [3.63, 3.8) is 0 Å². The van der Waals surface area contributed by atoms with Crippen LogP contribution < -0.4 is 0 Å². The van der Waals surface area contributed by atoms with Crippen LogP contribution in [0.3, 0.4) is 0 Å². The third-order valence-electron chi connectivity index (χ3n) is 4.01. The summed E-state index contributed by atoms with van der Waals surface area (Å²) in [6, 6.07) is 3.74. The van der Waals surface area contributed by atoms with E-state index in [9.17, 15) is 9.59 Å². The number of unbranched alkanes of at least 4 members (excludes halogenated alkanes) is 1. The summed E-state index contributed by atoms with van der Waals surface area (Å²) in [5.74, 6) is 0.218. The van der Waals surface area contributed by atoms with Crippen molar-refractivity contribution in [1.29, 1.82) is 0 Å². The highest BCUT2D eigenvalue weighted by molar-refractivity contribution is 7.12. The average Bonchev–Trinajstić information content (AvgIpc) is 3.05. The molecule has 0 N–H and O–H groups in total. The van der Waals surface area contributed by atoms with Gasteiger partial charge in [0.25, 0.3) is 5.91 Å². The highest BCUT2D eigenvalue weighted by Crippen LogP contribution is 2.22. The summed E-state index contributed by atoms with van der Waals surface area (Å²) >= 11 is 1.47. The molecule has 2 rings (SSSR count). The first-order valence-electron chi connectivity index (χ1n) is 7.71. The van der Waals surface area contributed by atoms with Gasteiger partial charge < -0.3 is 9.80 Å². The van der Waals surface area contributed by atoms with Crippen molar-refractivity contribution in [3.8, 4) is 0 Å². The first-order valence-corrected chi connectivity index (χ1v) is 8.59. The van der Waals surface area contributed by atoms with Gasteiger partial charge in [0.15, 0.2) is 0 Å². The van der Waals surface area contributed by atoms with E-state index in [-0.39, 0.29) is 17.7 Å². The largest absolute Gasteiger partial charge is 0.345 e. The molecule has 21 heavy (non-hydrogen) atoms. The van der Waals surface area contributed by atoms with E-state index in [1.807, 2.05) is 34.4 Å². The molecule has 1 atom stereocenters. The monoisotopic (exact) mass is 308 g/mol. The number of carbonyl (C=O) groups excluding carboxylic acids is 2. The van der Waals surface area contributed by atoms with E-state index in [1.165, 1.54) is 11.3 Å². The summed E-state index contributed by atoms with van der Waals surface area (Å²) in [5.41, 5.74) is 0. The molecule has 1 aromatic heterocycles.